The monoisotopic (exact) mass is 1740 g/mol. The molecule has 0 spiro atoms. The summed E-state index contributed by atoms with van der Waals surface area (Å²) in [5.74, 6) is 4.34. The van der Waals surface area contributed by atoms with E-state index >= 15 is 0 Å². The van der Waals surface area contributed by atoms with Crippen molar-refractivity contribution in [3.8, 4) is 73.1 Å². The Labute approximate surface area is 782 Å². The van der Waals surface area contributed by atoms with E-state index in [2.05, 4.69) is 412 Å². The van der Waals surface area contributed by atoms with Gasteiger partial charge in [-0.3, -0.25) is 0 Å². The first kappa shape index (κ1) is 87.7. The van der Waals surface area contributed by atoms with Crippen molar-refractivity contribution < 1.29 is 4.42 Å². The van der Waals surface area contributed by atoms with Crippen molar-refractivity contribution in [3.05, 3.63) is 405 Å². The summed E-state index contributed by atoms with van der Waals surface area (Å²) in [6.07, 6.45) is 0. The fraction of sp³-hybridized carbons (Fsp3) is 0.164. The van der Waals surface area contributed by atoms with Gasteiger partial charge in [0.15, 0.2) is 0 Å². The Kier molecular flexibility index (Phi) is 23.5. The smallest absolute Gasteiger partial charge is 0.136 e. The molecule has 0 aliphatic rings. The Morgan fingerprint density at radius 3 is 1.00 bits per heavy atom. The van der Waals surface area contributed by atoms with Gasteiger partial charge in [-0.15, -0.1) is 0 Å². The molecule has 0 bridgehead atoms. The van der Waals surface area contributed by atoms with E-state index in [0.29, 0.717) is 0 Å². The zero-order valence-corrected chi connectivity index (χ0v) is 78.6. The highest BCUT2D eigenvalue weighted by atomic mass is 16.3. The third kappa shape index (κ3) is 18.1. The molecule has 12 nitrogen and oxygen atoms in total. The van der Waals surface area contributed by atoms with Crippen LogP contribution in [0.1, 0.15) is 133 Å². The van der Waals surface area contributed by atoms with Crippen LogP contribution < -0.4 is 0 Å². The number of aromatic nitrogens is 11. The standard InChI is InChI=1S/C30H25N3.C24H20N2O.C24H22N2.2C22H20N2/c1-30(2,3)29-31-25-15-9-7-14-24(25)28(32-29)20-17-18-23-22-13-8-10-16-26(22)33(27(23)19-20)21-11-5-4-6-12-21;1-24(2,3)23-25-19-10-6-4-9-18(19)22(26-23)15-12-13-17-16-8-5-7-11-20(16)27-21(17)14-15;1-24(2,3)23-25-21-15-8-7-14-20(21)22(26-23)19-13-9-12-18(16-19)17-10-5-4-6-11-17;1-22(2,3)21-23-19-14-7-6-12-18(19)20(24-21)17-13-8-10-15-9-4-5-11-16(15)17;1-22(2,3)21-23-19-11-7-6-10-18(19)20(24-21)17-13-12-15-8-4-5-9-16(15)14-17/h4-19H,1-3H3;4-14H,1-3H3;4-16H,1-3H3;2*4-14H,1-3H3. The summed E-state index contributed by atoms with van der Waals surface area (Å²) in [6, 6.07) is 131. The lowest BCUT2D eigenvalue weighted by molar-refractivity contribution is 0.549. The molecule has 23 rings (SSSR count). The van der Waals surface area contributed by atoms with E-state index in [9.17, 15) is 0 Å². The maximum atomic E-state index is 6.08. The summed E-state index contributed by atoms with van der Waals surface area (Å²) in [7, 11) is 0. The first-order chi connectivity index (χ1) is 64.6. The van der Waals surface area contributed by atoms with Gasteiger partial charge in [0, 0.05) is 109 Å². The van der Waals surface area contributed by atoms with E-state index in [1.807, 2.05) is 72.8 Å². The lowest BCUT2D eigenvalue weighted by Gasteiger charge is -2.19. The van der Waals surface area contributed by atoms with Crippen LogP contribution in [0.2, 0.25) is 0 Å². The van der Waals surface area contributed by atoms with Gasteiger partial charge in [0.25, 0.3) is 0 Å². The molecule has 0 unspecified atom stereocenters. The predicted molar refractivity (Wildman–Crippen MR) is 560 cm³/mol. The topological polar surface area (TPSA) is 147 Å². The molecule has 0 fully saturated rings. The van der Waals surface area contributed by atoms with Crippen LogP contribution in [0.25, 0.3) is 193 Å². The van der Waals surface area contributed by atoms with Gasteiger partial charge < -0.3 is 8.98 Å². The van der Waals surface area contributed by atoms with Crippen LogP contribution in [0.4, 0.5) is 0 Å². The molecule has 12 heteroatoms. The summed E-state index contributed by atoms with van der Waals surface area (Å²) in [5.41, 5.74) is 22.7. The molecule has 0 atom stereocenters. The quantitative estimate of drug-likeness (QED) is 0.150. The molecule has 23 aromatic rings. The highest BCUT2D eigenvalue weighted by Crippen LogP contribution is 2.42. The number of para-hydroxylation sites is 8. The van der Waals surface area contributed by atoms with E-state index in [-0.39, 0.29) is 27.1 Å². The fourth-order valence-electron chi connectivity index (χ4n) is 17.2. The molecular weight excluding hydrogens is 1640 g/mol. The Hall–Kier alpha value is -15.7. The van der Waals surface area contributed by atoms with Crippen LogP contribution in [0.5, 0.6) is 0 Å². The molecule has 0 saturated heterocycles. The Balaban J connectivity index is 0.000000108. The van der Waals surface area contributed by atoms with Crippen LogP contribution in [-0.4, -0.2) is 54.4 Å². The van der Waals surface area contributed by atoms with Crippen molar-refractivity contribution in [2.45, 2.75) is 131 Å². The minimum atomic E-state index is -0.137. The van der Waals surface area contributed by atoms with E-state index in [0.717, 1.165) is 168 Å². The Morgan fingerprint density at radius 2 is 0.507 bits per heavy atom. The van der Waals surface area contributed by atoms with E-state index in [4.69, 9.17) is 54.3 Å². The van der Waals surface area contributed by atoms with E-state index in [1.54, 1.807) is 0 Å². The largest absolute Gasteiger partial charge is 0.456 e. The van der Waals surface area contributed by atoms with Gasteiger partial charge in [0.2, 0.25) is 0 Å². The minimum Gasteiger partial charge on any atom is -0.456 e. The number of furan rings is 1. The first-order valence-electron chi connectivity index (χ1n) is 46.1. The number of hydrogen-bond donors (Lipinski definition) is 0. The molecule has 0 aliphatic heterocycles. The maximum absolute atomic E-state index is 6.08. The number of benzene rings is 16. The molecule has 0 aliphatic carbocycles. The number of hydrogen-bond acceptors (Lipinski definition) is 11. The molecule has 7 heterocycles. The second kappa shape index (κ2) is 35.9. The molecule has 0 amide bonds. The zero-order valence-electron chi connectivity index (χ0n) is 78.6. The molecule has 656 valence electrons. The first-order valence-corrected chi connectivity index (χ1v) is 46.1. The summed E-state index contributed by atoms with van der Waals surface area (Å²) in [5, 5.41) is 15.1. The van der Waals surface area contributed by atoms with Crippen molar-refractivity contribution in [2.75, 3.05) is 0 Å². The van der Waals surface area contributed by atoms with Crippen LogP contribution in [0.15, 0.2) is 381 Å². The fourth-order valence-corrected chi connectivity index (χ4v) is 17.2. The van der Waals surface area contributed by atoms with Gasteiger partial charge in [-0.1, -0.05) is 395 Å². The molecule has 7 aromatic heterocycles. The minimum absolute atomic E-state index is 0.0877. The van der Waals surface area contributed by atoms with Crippen LogP contribution in [0.3, 0.4) is 0 Å². The summed E-state index contributed by atoms with van der Waals surface area (Å²) >= 11 is 0. The summed E-state index contributed by atoms with van der Waals surface area (Å²) in [6.45, 7) is 32.3. The number of nitrogens with zero attached hydrogens (tertiary/aromatic N) is 11. The van der Waals surface area contributed by atoms with Gasteiger partial charge >= 0.3 is 0 Å². The SMILES string of the molecule is CC(C)(C)c1nc(-c2ccc3c(c2)oc2ccccc23)c2ccccc2n1.CC(C)(C)c1nc(-c2ccc3c4ccccc4n(-c4ccccc4)c3c2)c2ccccc2n1.CC(C)(C)c1nc(-c2ccc3ccccc3c2)c2ccccc2n1.CC(C)(C)c1nc(-c2cccc(-c3ccccc3)c2)c2ccccc2n1.CC(C)(C)c1nc(-c2cccc3ccccc23)c2ccccc2n1. The van der Waals surface area contributed by atoms with Crippen molar-refractivity contribution in [3.63, 3.8) is 0 Å². The van der Waals surface area contributed by atoms with Crippen LogP contribution in [-0.2, 0) is 27.1 Å². The van der Waals surface area contributed by atoms with Crippen molar-refractivity contribution in [1.29, 1.82) is 0 Å². The highest BCUT2D eigenvalue weighted by molar-refractivity contribution is 6.12. The average Bonchev–Trinajstić information content (AvgIpc) is 1.58. The van der Waals surface area contributed by atoms with Gasteiger partial charge in [-0.25, -0.2) is 49.8 Å². The second-order valence-electron chi connectivity index (χ2n) is 39.6. The van der Waals surface area contributed by atoms with Gasteiger partial charge in [-0.05, 0) is 118 Å². The van der Waals surface area contributed by atoms with Gasteiger partial charge in [-0.2, -0.15) is 0 Å². The third-order valence-corrected chi connectivity index (χ3v) is 24.3. The molecule has 0 saturated carbocycles. The maximum Gasteiger partial charge on any atom is 0.136 e. The summed E-state index contributed by atoms with van der Waals surface area (Å²) < 4.78 is 8.43. The van der Waals surface area contributed by atoms with E-state index < -0.39 is 0 Å². The number of rotatable bonds is 7. The van der Waals surface area contributed by atoms with Crippen molar-refractivity contribution in [1.82, 2.24) is 54.4 Å². The summed E-state index contributed by atoms with van der Waals surface area (Å²) in [4.78, 5) is 49.0. The third-order valence-electron chi connectivity index (χ3n) is 24.3. The van der Waals surface area contributed by atoms with E-state index in [1.165, 1.54) is 54.5 Å². The van der Waals surface area contributed by atoms with Crippen molar-refractivity contribution in [2.24, 2.45) is 0 Å². The number of fused-ring (bicyclic) bond motifs is 13. The normalized spacial score (nSPS) is 12.0. The lowest BCUT2D eigenvalue weighted by atomic mass is 9.94. The molecule has 134 heavy (non-hydrogen) atoms. The lowest BCUT2D eigenvalue weighted by Crippen LogP contribution is -2.16. The second-order valence-corrected chi connectivity index (χ2v) is 39.6. The van der Waals surface area contributed by atoms with Crippen molar-refractivity contribution >= 4 is 120 Å². The van der Waals surface area contributed by atoms with Crippen LogP contribution >= 0.6 is 0 Å². The highest BCUT2D eigenvalue weighted by Gasteiger charge is 2.28. The zero-order chi connectivity index (χ0) is 92.8. The predicted octanol–water partition coefficient (Wildman–Crippen LogP) is 31.9. The Bertz CT molecular complexity index is 8340. The van der Waals surface area contributed by atoms with Gasteiger partial charge in [0.1, 0.15) is 40.3 Å². The molecule has 0 N–H and O–H groups in total. The molecular formula is C122H107N11O. The average molecular weight is 1740 g/mol. The molecule has 0 radical (unpaired) electrons. The molecule has 16 aromatic carbocycles. The van der Waals surface area contributed by atoms with Crippen LogP contribution in [0, 0.1) is 0 Å². The Morgan fingerprint density at radius 1 is 0.187 bits per heavy atom. The van der Waals surface area contributed by atoms with Gasteiger partial charge in [0.05, 0.1) is 67.1 Å².